The predicted molar refractivity (Wildman–Crippen MR) is 48.3 cm³/mol. The molecular formula is C9H13NO3. The van der Waals surface area contributed by atoms with Gasteiger partial charge in [-0.2, -0.15) is 0 Å². The summed E-state index contributed by atoms with van der Waals surface area (Å²) in [5.41, 5.74) is 0.711. The number of phenolic OH excluding ortho intramolecular Hbond substituents is 2. The van der Waals surface area contributed by atoms with Gasteiger partial charge in [0.15, 0.2) is 0 Å². The van der Waals surface area contributed by atoms with Crippen LogP contribution in [-0.4, -0.2) is 16.8 Å². The molecule has 4 heteroatoms. The molecule has 1 rings (SSSR count). The van der Waals surface area contributed by atoms with Crippen molar-refractivity contribution in [2.45, 2.75) is 12.8 Å². The van der Waals surface area contributed by atoms with Crippen molar-refractivity contribution in [1.29, 1.82) is 0 Å². The quantitative estimate of drug-likeness (QED) is 0.613. The maximum atomic E-state index is 9.43. The second-order valence-electron chi connectivity index (χ2n) is 2.98. The van der Waals surface area contributed by atoms with Gasteiger partial charge in [0, 0.05) is 12.0 Å². The molecule has 0 saturated heterocycles. The van der Waals surface area contributed by atoms with Crippen molar-refractivity contribution in [3.63, 3.8) is 0 Å². The van der Waals surface area contributed by atoms with E-state index in [1.54, 1.807) is 6.07 Å². The van der Waals surface area contributed by atoms with Crippen molar-refractivity contribution in [3.05, 3.63) is 23.8 Å². The first-order valence-corrected chi connectivity index (χ1v) is 3.98. The molecule has 0 aliphatic carbocycles. The molecule has 0 heterocycles. The molecule has 13 heavy (non-hydrogen) atoms. The Hall–Kier alpha value is -1.26. The molecule has 1 atom stereocenters. The highest BCUT2D eigenvalue weighted by atomic mass is 16.6. The van der Waals surface area contributed by atoms with Crippen LogP contribution in [0.5, 0.6) is 11.5 Å². The molecule has 0 aromatic heterocycles. The minimum Gasteiger partial charge on any atom is -0.508 e. The van der Waals surface area contributed by atoms with E-state index in [9.17, 15) is 5.11 Å². The van der Waals surface area contributed by atoms with E-state index in [4.69, 9.17) is 11.0 Å². The first-order valence-electron chi connectivity index (χ1n) is 3.98. The van der Waals surface area contributed by atoms with E-state index in [1.807, 2.05) is 6.92 Å². The summed E-state index contributed by atoms with van der Waals surface area (Å²) < 4.78 is 0. The minimum absolute atomic E-state index is 0.00519. The van der Waals surface area contributed by atoms with E-state index in [2.05, 4.69) is 4.84 Å². The van der Waals surface area contributed by atoms with Crippen LogP contribution in [0.25, 0.3) is 0 Å². The van der Waals surface area contributed by atoms with E-state index in [1.165, 1.54) is 12.1 Å². The summed E-state index contributed by atoms with van der Waals surface area (Å²) in [5.74, 6) is 5.02. The summed E-state index contributed by atoms with van der Waals surface area (Å²) in [7, 11) is 0. The van der Waals surface area contributed by atoms with Gasteiger partial charge in [0.2, 0.25) is 0 Å². The monoisotopic (exact) mass is 183 g/mol. The zero-order valence-electron chi connectivity index (χ0n) is 7.40. The van der Waals surface area contributed by atoms with Gasteiger partial charge in [-0.1, -0.05) is 13.0 Å². The summed E-state index contributed by atoms with van der Waals surface area (Å²) in [4.78, 5) is 4.47. The maximum Gasteiger partial charge on any atom is 0.122 e. The lowest BCUT2D eigenvalue weighted by Gasteiger charge is -2.11. The predicted octanol–water partition coefficient (Wildman–Crippen LogP) is 1.09. The van der Waals surface area contributed by atoms with Crippen LogP contribution in [0.1, 0.15) is 18.4 Å². The van der Waals surface area contributed by atoms with Crippen molar-refractivity contribution in [1.82, 2.24) is 0 Å². The fraction of sp³-hybridized carbons (Fsp3) is 0.333. The van der Waals surface area contributed by atoms with Crippen molar-refractivity contribution in [3.8, 4) is 11.5 Å². The SMILES string of the molecule is CC(CON)c1ccc(O)cc1O. The Morgan fingerprint density at radius 3 is 2.69 bits per heavy atom. The molecule has 1 aromatic rings. The Morgan fingerprint density at radius 1 is 1.46 bits per heavy atom. The zero-order valence-corrected chi connectivity index (χ0v) is 7.40. The maximum absolute atomic E-state index is 9.43. The van der Waals surface area contributed by atoms with Crippen molar-refractivity contribution in [2.75, 3.05) is 6.61 Å². The number of nitrogens with two attached hydrogens (primary N) is 1. The van der Waals surface area contributed by atoms with Crippen LogP contribution in [0, 0.1) is 0 Å². The number of hydrogen-bond donors (Lipinski definition) is 3. The molecule has 0 saturated carbocycles. The largest absolute Gasteiger partial charge is 0.508 e. The third kappa shape index (κ3) is 2.34. The highest BCUT2D eigenvalue weighted by molar-refractivity contribution is 5.40. The molecule has 0 fully saturated rings. The lowest BCUT2D eigenvalue weighted by Crippen LogP contribution is -2.08. The average molecular weight is 183 g/mol. The molecule has 4 N–H and O–H groups in total. The van der Waals surface area contributed by atoms with Gasteiger partial charge in [0.25, 0.3) is 0 Å². The number of phenols is 2. The molecule has 1 aromatic carbocycles. The topological polar surface area (TPSA) is 75.7 Å². The second kappa shape index (κ2) is 4.11. The van der Waals surface area contributed by atoms with Gasteiger partial charge < -0.3 is 15.1 Å². The number of rotatable bonds is 3. The fourth-order valence-electron chi connectivity index (χ4n) is 1.18. The number of hydrogen-bond acceptors (Lipinski definition) is 4. The highest BCUT2D eigenvalue weighted by Gasteiger charge is 2.10. The smallest absolute Gasteiger partial charge is 0.122 e. The normalized spacial score (nSPS) is 12.8. The lowest BCUT2D eigenvalue weighted by molar-refractivity contribution is 0.126. The van der Waals surface area contributed by atoms with Gasteiger partial charge in [-0.15, -0.1) is 0 Å². The summed E-state index contributed by atoms with van der Waals surface area (Å²) in [5, 5.41) is 18.5. The van der Waals surface area contributed by atoms with E-state index >= 15 is 0 Å². The Morgan fingerprint density at radius 2 is 2.15 bits per heavy atom. The Balaban J connectivity index is 2.88. The van der Waals surface area contributed by atoms with Crippen LogP contribution in [0.15, 0.2) is 18.2 Å². The summed E-state index contributed by atoms with van der Waals surface area (Å²) in [6, 6.07) is 4.46. The fourth-order valence-corrected chi connectivity index (χ4v) is 1.18. The molecule has 0 amide bonds. The van der Waals surface area contributed by atoms with E-state index in [0.717, 1.165) is 0 Å². The number of aromatic hydroxyl groups is 2. The van der Waals surface area contributed by atoms with Crippen LogP contribution >= 0.6 is 0 Å². The van der Waals surface area contributed by atoms with E-state index < -0.39 is 0 Å². The van der Waals surface area contributed by atoms with Crippen molar-refractivity contribution >= 4 is 0 Å². The molecular weight excluding hydrogens is 170 g/mol. The van der Waals surface area contributed by atoms with Crippen LogP contribution < -0.4 is 5.90 Å². The summed E-state index contributed by atoms with van der Waals surface area (Å²) in [6.07, 6.45) is 0. The first kappa shape index (κ1) is 9.83. The van der Waals surface area contributed by atoms with E-state index in [0.29, 0.717) is 12.2 Å². The van der Waals surface area contributed by atoms with Crippen molar-refractivity contribution < 1.29 is 15.1 Å². The molecule has 0 radical (unpaired) electrons. The van der Waals surface area contributed by atoms with E-state index in [-0.39, 0.29) is 17.4 Å². The third-order valence-electron chi connectivity index (χ3n) is 1.89. The summed E-state index contributed by atoms with van der Waals surface area (Å²) >= 11 is 0. The molecule has 0 spiro atoms. The molecule has 72 valence electrons. The van der Waals surface area contributed by atoms with Gasteiger partial charge in [-0.3, -0.25) is 0 Å². The molecule has 4 nitrogen and oxygen atoms in total. The van der Waals surface area contributed by atoms with Gasteiger partial charge in [0.1, 0.15) is 11.5 Å². The second-order valence-corrected chi connectivity index (χ2v) is 2.98. The van der Waals surface area contributed by atoms with Crippen LogP contribution in [0.3, 0.4) is 0 Å². The Labute approximate surface area is 76.5 Å². The van der Waals surface area contributed by atoms with Crippen LogP contribution in [-0.2, 0) is 4.84 Å². The third-order valence-corrected chi connectivity index (χ3v) is 1.89. The molecule has 0 aliphatic heterocycles. The zero-order chi connectivity index (χ0) is 9.84. The molecule has 0 aliphatic rings. The Bertz CT molecular complexity index is 288. The highest BCUT2D eigenvalue weighted by Crippen LogP contribution is 2.28. The van der Waals surface area contributed by atoms with Crippen LogP contribution in [0.2, 0.25) is 0 Å². The van der Waals surface area contributed by atoms with Gasteiger partial charge >= 0.3 is 0 Å². The van der Waals surface area contributed by atoms with Gasteiger partial charge in [-0.25, -0.2) is 5.90 Å². The van der Waals surface area contributed by atoms with Crippen LogP contribution in [0.4, 0.5) is 0 Å². The summed E-state index contributed by atoms with van der Waals surface area (Å²) in [6.45, 7) is 2.21. The number of benzene rings is 1. The molecule has 0 bridgehead atoms. The first-order chi connectivity index (χ1) is 6.15. The lowest BCUT2D eigenvalue weighted by atomic mass is 10.0. The minimum atomic E-state index is 0.00519. The van der Waals surface area contributed by atoms with Crippen molar-refractivity contribution in [2.24, 2.45) is 5.90 Å². The molecule has 1 unspecified atom stereocenters. The van der Waals surface area contributed by atoms with Gasteiger partial charge in [-0.05, 0) is 11.6 Å². The standard InChI is InChI=1S/C9H13NO3/c1-6(5-13-10)8-3-2-7(11)4-9(8)12/h2-4,6,11-12H,5,10H2,1H3. The van der Waals surface area contributed by atoms with Gasteiger partial charge in [0.05, 0.1) is 6.61 Å². The average Bonchev–Trinajstić information content (AvgIpc) is 2.04. The Kier molecular flexibility index (Phi) is 3.11.